The van der Waals surface area contributed by atoms with Crippen molar-refractivity contribution in [2.45, 2.75) is 12.5 Å². The summed E-state index contributed by atoms with van der Waals surface area (Å²) in [6, 6.07) is 3.35. The Bertz CT molecular complexity index is 415. The number of aliphatic hydroxyl groups is 1. The standard InChI is InChI=1S/C10H9ClF3NO2/c11-5-1-2-6(7(12)3-5)10(17)15-4-8(16)9(13)14/h1-3,8-9,16H,4H2,(H,15,17). The van der Waals surface area contributed by atoms with Crippen LogP contribution in [0.3, 0.4) is 0 Å². The maximum absolute atomic E-state index is 13.2. The van der Waals surface area contributed by atoms with Crippen molar-refractivity contribution >= 4 is 17.5 Å². The largest absolute Gasteiger partial charge is 0.385 e. The molecule has 7 heteroatoms. The SMILES string of the molecule is O=C(NCC(O)C(F)F)c1ccc(Cl)cc1F. The first kappa shape index (κ1) is 13.8. The summed E-state index contributed by atoms with van der Waals surface area (Å²) in [5.74, 6) is -1.75. The molecule has 0 bridgehead atoms. The lowest BCUT2D eigenvalue weighted by Crippen LogP contribution is -2.36. The number of rotatable bonds is 4. The number of aliphatic hydroxyl groups excluding tert-OH is 1. The highest BCUT2D eigenvalue weighted by atomic mass is 35.5. The van der Waals surface area contributed by atoms with Crippen molar-refractivity contribution in [1.82, 2.24) is 5.32 Å². The fourth-order valence-corrected chi connectivity index (χ4v) is 1.21. The van der Waals surface area contributed by atoms with Gasteiger partial charge in [-0.15, -0.1) is 0 Å². The lowest BCUT2D eigenvalue weighted by atomic mass is 10.2. The lowest BCUT2D eigenvalue weighted by Gasteiger charge is -2.11. The van der Waals surface area contributed by atoms with E-state index in [9.17, 15) is 18.0 Å². The third-order valence-corrected chi connectivity index (χ3v) is 2.17. The van der Waals surface area contributed by atoms with Gasteiger partial charge in [-0.2, -0.15) is 0 Å². The number of hydrogen-bond acceptors (Lipinski definition) is 2. The van der Waals surface area contributed by atoms with Gasteiger partial charge in [0.05, 0.1) is 5.56 Å². The Hall–Kier alpha value is -1.27. The first-order valence-electron chi connectivity index (χ1n) is 4.61. The maximum atomic E-state index is 13.2. The highest BCUT2D eigenvalue weighted by Crippen LogP contribution is 2.14. The molecule has 3 nitrogen and oxygen atoms in total. The summed E-state index contributed by atoms with van der Waals surface area (Å²) >= 11 is 5.48. The van der Waals surface area contributed by atoms with Crippen LogP contribution < -0.4 is 5.32 Å². The number of benzene rings is 1. The quantitative estimate of drug-likeness (QED) is 0.874. The molecule has 0 aromatic heterocycles. The molecule has 94 valence electrons. The van der Waals surface area contributed by atoms with E-state index in [1.54, 1.807) is 0 Å². The second-order valence-corrected chi connectivity index (χ2v) is 3.67. The first-order valence-corrected chi connectivity index (χ1v) is 4.99. The Morgan fingerprint density at radius 1 is 1.47 bits per heavy atom. The van der Waals surface area contributed by atoms with Crippen molar-refractivity contribution in [3.8, 4) is 0 Å². The highest BCUT2D eigenvalue weighted by Gasteiger charge is 2.19. The van der Waals surface area contributed by atoms with Crippen molar-refractivity contribution in [1.29, 1.82) is 0 Å². The number of carbonyl (C=O) groups excluding carboxylic acids is 1. The smallest absolute Gasteiger partial charge is 0.265 e. The maximum Gasteiger partial charge on any atom is 0.265 e. The average molecular weight is 268 g/mol. The van der Waals surface area contributed by atoms with Crippen molar-refractivity contribution in [3.63, 3.8) is 0 Å². The molecule has 1 amide bonds. The van der Waals surface area contributed by atoms with Gasteiger partial charge in [0.2, 0.25) is 0 Å². The van der Waals surface area contributed by atoms with Crippen LogP contribution in [0.2, 0.25) is 5.02 Å². The van der Waals surface area contributed by atoms with E-state index in [1.165, 1.54) is 6.07 Å². The van der Waals surface area contributed by atoms with Crippen LogP contribution in [0.5, 0.6) is 0 Å². The third kappa shape index (κ3) is 3.90. The fraction of sp³-hybridized carbons (Fsp3) is 0.300. The second-order valence-electron chi connectivity index (χ2n) is 3.24. The van der Waals surface area contributed by atoms with Gasteiger partial charge in [0.25, 0.3) is 12.3 Å². The molecule has 0 saturated heterocycles. The van der Waals surface area contributed by atoms with Crippen molar-refractivity contribution in [2.75, 3.05) is 6.54 Å². The van der Waals surface area contributed by atoms with Gasteiger partial charge in [0.1, 0.15) is 11.9 Å². The van der Waals surface area contributed by atoms with Crippen molar-refractivity contribution in [2.24, 2.45) is 0 Å². The van der Waals surface area contributed by atoms with Crippen LogP contribution in [0, 0.1) is 5.82 Å². The summed E-state index contributed by atoms with van der Waals surface area (Å²) in [6.45, 7) is -0.654. The van der Waals surface area contributed by atoms with Crippen LogP contribution in [0.15, 0.2) is 18.2 Å². The molecule has 1 aromatic carbocycles. The minimum absolute atomic E-state index is 0.117. The zero-order valence-electron chi connectivity index (χ0n) is 8.46. The van der Waals surface area contributed by atoms with Gasteiger partial charge in [-0.3, -0.25) is 4.79 Å². The summed E-state index contributed by atoms with van der Waals surface area (Å²) in [5.41, 5.74) is -0.323. The van der Waals surface area contributed by atoms with Crippen LogP contribution in [0.25, 0.3) is 0 Å². The molecular formula is C10H9ClF3NO2. The van der Waals surface area contributed by atoms with Crippen LogP contribution in [0.4, 0.5) is 13.2 Å². The molecule has 0 saturated carbocycles. The fourth-order valence-electron chi connectivity index (χ4n) is 1.06. The number of amides is 1. The Kier molecular flexibility index (Phi) is 4.77. The molecule has 0 aliphatic carbocycles. The number of hydrogen-bond donors (Lipinski definition) is 2. The topological polar surface area (TPSA) is 49.3 Å². The molecule has 0 heterocycles. The number of carbonyl (C=O) groups is 1. The molecule has 0 radical (unpaired) electrons. The van der Waals surface area contributed by atoms with E-state index in [4.69, 9.17) is 16.7 Å². The molecule has 1 unspecified atom stereocenters. The molecule has 17 heavy (non-hydrogen) atoms. The van der Waals surface area contributed by atoms with Gasteiger partial charge in [-0.1, -0.05) is 11.6 Å². The monoisotopic (exact) mass is 267 g/mol. The summed E-state index contributed by atoms with van der Waals surface area (Å²) in [7, 11) is 0. The van der Waals surface area contributed by atoms with Crippen molar-refractivity contribution in [3.05, 3.63) is 34.6 Å². The zero-order chi connectivity index (χ0) is 13.0. The van der Waals surface area contributed by atoms with Gasteiger partial charge in [-0.05, 0) is 18.2 Å². The predicted molar refractivity (Wildman–Crippen MR) is 55.8 cm³/mol. The Balaban J connectivity index is 2.64. The van der Waals surface area contributed by atoms with E-state index in [2.05, 4.69) is 0 Å². The van der Waals surface area contributed by atoms with E-state index in [0.717, 1.165) is 12.1 Å². The van der Waals surface area contributed by atoms with Gasteiger partial charge >= 0.3 is 0 Å². The first-order chi connectivity index (χ1) is 7.91. The number of halogens is 4. The van der Waals surface area contributed by atoms with Gasteiger partial charge in [0, 0.05) is 11.6 Å². The van der Waals surface area contributed by atoms with Gasteiger partial charge in [-0.25, -0.2) is 13.2 Å². The molecule has 1 atom stereocenters. The van der Waals surface area contributed by atoms with Crippen LogP contribution in [-0.4, -0.2) is 30.1 Å². The molecule has 0 spiro atoms. The van der Waals surface area contributed by atoms with Crippen LogP contribution >= 0.6 is 11.6 Å². The Morgan fingerprint density at radius 2 is 2.12 bits per heavy atom. The minimum Gasteiger partial charge on any atom is -0.385 e. The normalized spacial score (nSPS) is 12.6. The molecule has 2 N–H and O–H groups in total. The van der Waals surface area contributed by atoms with Crippen LogP contribution in [-0.2, 0) is 0 Å². The summed E-state index contributed by atoms with van der Waals surface area (Å²) in [6.07, 6.45) is -4.94. The van der Waals surface area contributed by atoms with E-state index >= 15 is 0 Å². The molecule has 1 rings (SSSR count). The number of alkyl halides is 2. The summed E-state index contributed by atoms with van der Waals surface area (Å²) < 4.78 is 37.1. The zero-order valence-corrected chi connectivity index (χ0v) is 9.22. The minimum atomic E-state index is -2.97. The molecule has 0 aliphatic heterocycles. The van der Waals surface area contributed by atoms with E-state index < -0.39 is 30.8 Å². The molecule has 0 aliphatic rings. The van der Waals surface area contributed by atoms with E-state index in [0.29, 0.717) is 0 Å². The molecular weight excluding hydrogens is 259 g/mol. The van der Waals surface area contributed by atoms with E-state index in [1.807, 2.05) is 5.32 Å². The van der Waals surface area contributed by atoms with Crippen molar-refractivity contribution < 1.29 is 23.1 Å². The molecule has 0 fully saturated rings. The highest BCUT2D eigenvalue weighted by molar-refractivity contribution is 6.30. The second kappa shape index (κ2) is 5.88. The summed E-state index contributed by atoms with van der Waals surface area (Å²) in [4.78, 5) is 11.4. The average Bonchev–Trinajstić information content (AvgIpc) is 2.25. The molecule has 1 aromatic rings. The lowest BCUT2D eigenvalue weighted by molar-refractivity contribution is -0.00272. The van der Waals surface area contributed by atoms with Gasteiger partial charge in [0.15, 0.2) is 0 Å². The van der Waals surface area contributed by atoms with Crippen LogP contribution in [0.1, 0.15) is 10.4 Å². The predicted octanol–water partition coefficient (Wildman–Crippen LogP) is 1.83. The summed E-state index contributed by atoms with van der Waals surface area (Å²) in [5, 5.41) is 10.9. The third-order valence-electron chi connectivity index (χ3n) is 1.94. The Labute approximate surface area is 100 Å². The van der Waals surface area contributed by atoms with E-state index in [-0.39, 0.29) is 10.6 Å². The van der Waals surface area contributed by atoms with Gasteiger partial charge < -0.3 is 10.4 Å². The number of nitrogens with one attached hydrogen (secondary N) is 1. The Morgan fingerprint density at radius 3 is 2.65 bits per heavy atom.